The fraction of sp³-hybridized carbons (Fsp3) is 0.375. The Hall–Kier alpha value is -2.76. The van der Waals surface area contributed by atoms with Crippen molar-refractivity contribution in [2.24, 2.45) is 7.05 Å². The van der Waals surface area contributed by atoms with Crippen molar-refractivity contribution in [3.63, 3.8) is 0 Å². The molecule has 11 heteroatoms. The Labute approximate surface area is 151 Å². The molecule has 3 atom stereocenters. The maximum absolute atomic E-state index is 14.1. The molecule has 0 unspecified atom stereocenters. The van der Waals surface area contributed by atoms with Gasteiger partial charge in [0.2, 0.25) is 6.23 Å². The molecule has 1 saturated heterocycles. The van der Waals surface area contributed by atoms with Gasteiger partial charge in [-0.25, -0.2) is 9.36 Å². The van der Waals surface area contributed by atoms with E-state index in [4.69, 9.17) is 9.84 Å². The first-order chi connectivity index (χ1) is 12.7. The van der Waals surface area contributed by atoms with Crippen molar-refractivity contribution < 1.29 is 33.1 Å². The molecule has 3 N–H and O–H groups in total. The van der Waals surface area contributed by atoms with Gasteiger partial charge in [-0.05, 0) is 12.1 Å². The minimum absolute atomic E-state index is 0.131. The zero-order valence-electron chi connectivity index (χ0n) is 14.1. The van der Waals surface area contributed by atoms with Crippen molar-refractivity contribution in [1.29, 1.82) is 0 Å². The summed E-state index contributed by atoms with van der Waals surface area (Å²) in [4.78, 5) is 27.9. The second-order valence-electron chi connectivity index (χ2n) is 6.04. The topological polar surface area (TPSA) is 118 Å². The van der Waals surface area contributed by atoms with Gasteiger partial charge in [0.15, 0.2) is 18.5 Å². The number of ether oxygens (including phenoxy) is 1. The van der Waals surface area contributed by atoms with Gasteiger partial charge >= 0.3 is 11.6 Å². The Morgan fingerprint density at radius 2 is 2.22 bits per heavy atom. The summed E-state index contributed by atoms with van der Waals surface area (Å²) < 4.78 is 35.3. The molecule has 27 heavy (non-hydrogen) atoms. The number of carbonyl (C=O) groups is 1. The Morgan fingerprint density at radius 1 is 1.48 bits per heavy atom. The molecule has 0 saturated carbocycles. The molecule has 9 nitrogen and oxygen atoms in total. The summed E-state index contributed by atoms with van der Waals surface area (Å²) in [6, 6.07) is 4.36. The lowest BCUT2D eigenvalue weighted by Gasteiger charge is -2.21. The number of aromatic nitrogens is 3. The first kappa shape index (κ1) is 19.0. The molecule has 144 valence electrons. The highest BCUT2D eigenvalue weighted by Gasteiger charge is 2.59. The number of carbonyl (C=O) groups excluding carboxylic acids is 1. The monoisotopic (exact) mass is 383 g/mol. The Balaban J connectivity index is 1.82. The van der Waals surface area contributed by atoms with E-state index in [2.05, 4.69) is 10.3 Å². The van der Waals surface area contributed by atoms with Crippen LogP contribution in [0.4, 0.5) is 14.6 Å². The average Bonchev–Trinajstić information content (AvgIpc) is 2.85. The van der Waals surface area contributed by atoms with Gasteiger partial charge in [-0.1, -0.05) is 0 Å². The molecule has 0 spiro atoms. The number of hydrogen-bond acceptors (Lipinski definition) is 6. The van der Waals surface area contributed by atoms with Gasteiger partial charge in [-0.3, -0.25) is 9.36 Å². The van der Waals surface area contributed by atoms with E-state index >= 15 is 0 Å². The molecule has 0 aromatic carbocycles. The van der Waals surface area contributed by atoms with Crippen LogP contribution in [0.5, 0.6) is 0 Å². The molecule has 2 aromatic rings. The van der Waals surface area contributed by atoms with E-state index in [1.165, 1.54) is 0 Å². The van der Waals surface area contributed by atoms with Gasteiger partial charge in [0.05, 0.1) is 6.61 Å². The van der Waals surface area contributed by atoms with E-state index in [1.807, 2.05) is 0 Å². The normalized spacial score (nSPS) is 24.0. The molecule has 3 rings (SSSR count). The van der Waals surface area contributed by atoms with Gasteiger partial charge in [0, 0.05) is 12.3 Å². The molecule has 0 aliphatic carbocycles. The molecule has 1 aliphatic heterocycles. The maximum atomic E-state index is 14.1. The second kappa shape index (κ2) is 7.10. The van der Waals surface area contributed by atoms with Crippen LogP contribution < -0.4 is 15.6 Å². The van der Waals surface area contributed by atoms with Gasteiger partial charge in [-0.2, -0.15) is 13.8 Å². The lowest BCUT2D eigenvalue weighted by molar-refractivity contribution is -0.671. The van der Waals surface area contributed by atoms with Crippen LogP contribution in [0.2, 0.25) is 0 Å². The summed E-state index contributed by atoms with van der Waals surface area (Å²) >= 11 is 0. The van der Waals surface area contributed by atoms with Gasteiger partial charge in [0.1, 0.15) is 24.5 Å². The number of hydrogen-bond donors (Lipinski definition) is 3. The number of halogens is 2. The summed E-state index contributed by atoms with van der Waals surface area (Å²) in [6.07, 6.45) is -1.66. The number of pyridine rings is 1. The smallest absolute Gasteiger partial charge is 0.351 e. The lowest BCUT2D eigenvalue weighted by atomic mass is 10.1. The number of aryl methyl sites for hydroxylation is 1. The summed E-state index contributed by atoms with van der Waals surface area (Å²) in [5, 5.41) is 20.9. The first-order valence-corrected chi connectivity index (χ1v) is 7.92. The molecule has 0 bridgehead atoms. The van der Waals surface area contributed by atoms with Crippen LogP contribution in [-0.4, -0.2) is 50.4 Å². The highest BCUT2D eigenvalue weighted by molar-refractivity contribution is 6.03. The molecule has 0 radical (unpaired) electrons. The second-order valence-corrected chi connectivity index (χ2v) is 6.04. The van der Waals surface area contributed by atoms with E-state index in [0.29, 0.717) is 10.1 Å². The van der Waals surface area contributed by atoms with Gasteiger partial charge < -0.3 is 20.3 Å². The zero-order chi connectivity index (χ0) is 19.8. The zero-order valence-corrected chi connectivity index (χ0v) is 14.1. The van der Waals surface area contributed by atoms with Crippen LogP contribution in [0.1, 0.15) is 16.6 Å². The van der Waals surface area contributed by atoms with Crippen LogP contribution in [0.25, 0.3) is 0 Å². The summed E-state index contributed by atoms with van der Waals surface area (Å²) in [5.74, 6) is -4.47. The standard InChI is InChI=1S/C16H16F2N4O5/c1-21-5-2-3-9(7-21)13(25)19-11-4-6-22(15(26)20-11)14-16(17,18)12(24)10(8-23)27-14/h2-7,10,12,14,23-24H,8H2,1H3/p+1/t10-,12-,14-/m1/s1. The number of aliphatic hydroxyl groups excluding tert-OH is 2. The fourth-order valence-electron chi connectivity index (χ4n) is 2.69. The third kappa shape index (κ3) is 3.56. The van der Waals surface area contributed by atoms with Gasteiger partial charge in [-0.15, -0.1) is 0 Å². The molecular weight excluding hydrogens is 366 g/mol. The molecular formula is C16H17F2N4O5+. The van der Waals surface area contributed by atoms with E-state index in [0.717, 1.165) is 12.3 Å². The van der Waals surface area contributed by atoms with Crippen LogP contribution in [0, 0.1) is 0 Å². The highest BCUT2D eigenvalue weighted by atomic mass is 19.3. The predicted octanol–water partition coefficient (Wildman–Crippen LogP) is -0.794. The minimum atomic E-state index is -3.80. The van der Waals surface area contributed by atoms with Gasteiger partial charge in [0.25, 0.3) is 5.91 Å². The van der Waals surface area contributed by atoms with E-state index in [1.54, 1.807) is 36.1 Å². The van der Waals surface area contributed by atoms with Crippen LogP contribution in [-0.2, 0) is 11.8 Å². The van der Waals surface area contributed by atoms with Crippen molar-refractivity contribution in [3.8, 4) is 0 Å². The third-order valence-corrected chi connectivity index (χ3v) is 4.09. The SMILES string of the molecule is C[n+]1cccc(C(=O)Nc2ccn([C@@H]3O[C@H](CO)[C@@H](O)C3(F)F)c(=O)n2)c1. The van der Waals surface area contributed by atoms with Crippen molar-refractivity contribution in [3.05, 3.63) is 52.8 Å². The van der Waals surface area contributed by atoms with E-state index in [9.17, 15) is 23.5 Å². The number of amides is 1. The summed E-state index contributed by atoms with van der Waals surface area (Å²) in [6.45, 7) is -0.835. The van der Waals surface area contributed by atoms with Crippen molar-refractivity contribution in [2.75, 3.05) is 11.9 Å². The molecule has 1 fully saturated rings. The fourth-order valence-corrected chi connectivity index (χ4v) is 2.69. The highest BCUT2D eigenvalue weighted by Crippen LogP contribution is 2.41. The largest absolute Gasteiger partial charge is 0.394 e. The van der Waals surface area contributed by atoms with Crippen LogP contribution >= 0.6 is 0 Å². The molecule has 1 aliphatic rings. The molecule has 1 amide bonds. The summed E-state index contributed by atoms with van der Waals surface area (Å²) in [5.41, 5.74) is -0.799. The summed E-state index contributed by atoms with van der Waals surface area (Å²) in [7, 11) is 1.73. The van der Waals surface area contributed by atoms with Crippen molar-refractivity contribution in [1.82, 2.24) is 9.55 Å². The average molecular weight is 383 g/mol. The lowest BCUT2D eigenvalue weighted by Crippen LogP contribution is -2.41. The number of alkyl halides is 2. The molecule has 3 heterocycles. The van der Waals surface area contributed by atoms with E-state index in [-0.39, 0.29) is 5.82 Å². The first-order valence-electron chi connectivity index (χ1n) is 7.92. The molecule has 2 aromatic heterocycles. The number of nitrogens with one attached hydrogen (secondary N) is 1. The predicted molar refractivity (Wildman–Crippen MR) is 86.0 cm³/mol. The minimum Gasteiger partial charge on any atom is -0.394 e. The number of aliphatic hydroxyl groups is 2. The Morgan fingerprint density at radius 3 is 2.81 bits per heavy atom. The quantitative estimate of drug-likeness (QED) is 0.596. The van der Waals surface area contributed by atoms with Crippen LogP contribution in [0.15, 0.2) is 41.6 Å². The number of rotatable bonds is 4. The Bertz CT molecular complexity index is 920. The van der Waals surface area contributed by atoms with Crippen molar-refractivity contribution in [2.45, 2.75) is 24.4 Å². The number of nitrogens with zero attached hydrogens (tertiary/aromatic N) is 3. The Kier molecular flexibility index (Phi) is 5.00. The van der Waals surface area contributed by atoms with Crippen molar-refractivity contribution >= 4 is 11.7 Å². The van der Waals surface area contributed by atoms with E-state index < -0.39 is 42.6 Å². The maximum Gasteiger partial charge on any atom is 0.351 e. The third-order valence-electron chi connectivity index (χ3n) is 4.09. The number of anilines is 1. The van der Waals surface area contributed by atoms with Crippen LogP contribution in [0.3, 0.4) is 0 Å².